The second-order valence-corrected chi connectivity index (χ2v) is 8.29. The van der Waals surface area contributed by atoms with Crippen molar-refractivity contribution in [2.75, 3.05) is 12.9 Å². The van der Waals surface area contributed by atoms with Gasteiger partial charge >= 0.3 is 0 Å². The van der Waals surface area contributed by atoms with Crippen molar-refractivity contribution in [3.63, 3.8) is 0 Å². The van der Waals surface area contributed by atoms with Crippen molar-refractivity contribution in [1.82, 2.24) is 0 Å². The third-order valence-corrected chi connectivity index (χ3v) is 4.87. The first-order valence-corrected chi connectivity index (χ1v) is 11.2. The van der Waals surface area contributed by atoms with Gasteiger partial charge in [0.15, 0.2) is 0 Å². The van der Waals surface area contributed by atoms with Gasteiger partial charge in [-0.15, -0.1) is 0 Å². The molecule has 0 fully saturated rings. The standard InChI is InChI=1S/C20H34O3S/c1-4-6-8-11-18-14-15-19(13-10-16-23-24(3,21)22)20(17-18)12-9-7-5-2/h14-15,17H,4-13,16H2,1-3H3. The topological polar surface area (TPSA) is 43.4 Å². The molecule has 0 radical (unpaired) electrons. The molecule has 1 rings (SSSR count). The zero-order valence-electron chi connectivity index (χ0n) is 15.6. The summed E-state index contributed by atoms with van der Waals surface area (Å²) in [5.74, 6) is 0. The van der Waals surface area contributed by atoms with E-state index in [1.54, 1.807) is 0 Å². The van der Waals surface area contributed by atoms with Crippen molar-refractivity contribution in [3.05, 3.63) is 34.9 Å². The lowest BCUT2D eigenvalue weighted by molar-refractivity contribution is 0.315. The highest BCUT2D eigenvalue weighted by molar-refractivity contribution is 7.85. The average molecular weight is 355 g/mol. The van der Waals surface area contributed by atoms with Gasteiger partial charge in [-0.05, 0) is 55.2 Å². The maximum Gasteiger partial charge on any atom is 0.264 e. The van der Waals surface area contributed by atoms with Crippen LogP contribution in [-0.2, 0) is 33.6 Å². The summed E-state index contributed by atoms with van der Waals surface area (Å²) in [7, 11) is -3.33. The zero-order valence-corrected chi connectivity index (χ0v) is 16.5. The maximum atomic E-state index is 11.0. The van der Waals surface area contributed by atoms with Crippen LogP contribution in [0.2, 0.25) is 0 Å². The first kappa shape index (κ1) is 21.2. The minimum Gasteiger partial charge on any atom is -0.270 e. The lowest BCUT2D eigenvalue weighted by Gasteiger charge is -2.12. The molecule has 0 saturated carbocycles. The number of hydrogen-bond donors (Lipinski definition) is 0. The number of rotatable bonds is 13. The van der Waals surface area contributed by atoms with E-state index in [0.717, 1.165) is 31.9 Å². The molecule has 4 heteroatoms. The van der Waals surface area contributed by atoms with Crippen molar-refractivity contribution in [2.24, 2.45) is 0 Å². The zero-order chi connectivity index (χ0) is 17.8. The molecule has 0 aliphatic heterocycles. The fraction of sp³-hybridized carbons (Fsp3) is 0.700. The van der Waals surface area contributed by atoms with E-state index in [1.165, 1.54) is 55.2 Å². The smallest absolute Gasteiger partial charge is 0.264 e. The van der Waals surface area contributed by atoms with Gasteiger partial charge in [0.05, 0.1) is 12.9 Å². The van der Waals surface area contributed by atoms with Gasteiger partial charge in [0.25, 0.3) is 10.1 Å². The van der Waals surface area contributed by atoms with E-state index in [0.29, 0.717) is 0 Å². The van der Waals surface area contributed by atoms with E-state index in [9.17, 15) is 8.42 Å². The molecule has 1 aromatic carbocycles. The Kier molecular flexibility index (Phi) is 10.3. The fourth-order valence-electron chi connectivity index (χ4n) is 2.93. The Morgan fingerprint density at radius 3 is 2.08 bits per heavy atom. The molecule has 0 atom stereocenters. The number of aryl methyl sites for hydroxylation is 3. The van der Waals surface area contributed by atoms with Crippen LogP contribution in [0.25, 0.3) is 0 Å². The summed E-state index contributed by atoms with van der Waals surface area (Å²) in [6.45, 7) is 4.73. The van der Waals surface area contributed by atoms with Crippen LogP contribution in [0.1, 0.15) is 75.5 Å². The van der Waals surface area contributed by atoms with Crippen molar-refractivity contribution in [1.29, 1.82) is 0 Å². The van der Waals surface area contributed by atoms with E-state index in [2.05, 4.69) is 32.0 Å². The van der Waals surface area contributed by atoms with Crippen LogP contribution in [-0.4, -0.2) is 21.3 Å². The number of hydrogen-bond acceptors (Lipinski definition) is 3. The molecular formula is C20H34O3S. The normalized spacial score (nSPS) is 11.8. The Bertz CT molecular complexity index is 564. The van der Waals surface area contributed by atoms with Crippen LogP contribution < -0.4 is 0 Å². The van der Waals surface area contributed by atoms with Crippen LogP contribution in [0.15, 0.2) is 18.2 Å². The Hall–Kier alpha value is -0.870. The van der Waals surface area contributed by atoms with E-state index >= 15 is 0 Å². The van der Waals surface area contributed by atoms with E-state index in [1.807, 2.05) is 0 Å². The Morgan fingerprint density at radius 2 is 1.46 bits per heavy atom. The molecular weight excluding hydrogens is 320 g/mol. The summed E-state index contributed by atoms with van der Waals surface area (Å²) in [5, 5.41) is 0. The molecule has 0 aliphatic rings. The molecule has 138 valence electrons. The molecule has 24 heavy (non-hydrogen) atoms. The Balaban J connectivity index is 2.65. The first-order chi connectivity index (χ1) is 11.5. The van der Waals surface area contributed by atoms with Crippen LogP contribution in [0.3, 0.4) is 0 Å². The van der Waals surface area contributed by atoms with Crippen LogP contribution in [0.4, 0.5) is 0 Å². The number of benzene rings is 1. The van der Waals surface area contributed by atoms with Gasteiger partial charge in [0, 0.05) is 0 Å². The predicted molar refractivity (Wildman–Crippen MR) is 102 cm³/mol. The summed E-state index contributed by atoms with van der Waals surface area (Å²) in [6, 6.07) is 6.85. The molecule has 0 saturated heterocycles. The largest absolute Gasteiger partial charge is 0.270 e. The van der Waals surface area contributed by atoms with Crippen molar-refractivity contribution in [2.45, 2.75) is 78.1 Å². The molecule has 0 aromatic heterocycles. The second kappa shape index (κ2) is 11.6. The maximum absolute atomic E-state index is 11.0. The molecule has 3 nitrogen and oxygen atoms in total. The predicted octanol–water partition coefficient (Wildman–Crippen LogP) is 5.06. The molecule has 0 spiro atoms. The lowest BCUT2D eigenvalue weighted by atomic mass is 9.94. The van der Waals surface area contributed by atoms with Crippen LogP contribution in [0, 0.1) is 0 Å². The third-order valence-electron chi connectivity index (χ3n) is 4.28. The SMILES string of the molecule is CCCCCc1ccc(CCCOS(C)(=O)=O)c(CCCCC)c1. The summed E-state index contributed by atoms with van der Waals surface area (Å²) in [4.78, 5) is 0. The van der Waals surface area contributed by atoms with Gasteiger partial charge in [-0.1, -0.05) is 57.7 Å². The van der Waals surface area contributed by atoms with Crippen molar-refractivity contribution >= 4 is 10.1 Å². The van der Waals surface area contributed by atoms with Crippen LogP contribution >= 0.6 is 0 Å². The summed E-state index contributed by atoms with van der Waals surface area (Å²) in [6.07, 6.45) is 12.5. The molecule has 0 amide bonds. The van der Waals surface area contributed by atoms with Crippen molar-refractivity contribution < 1.29 is 12.6 Å². The lowest BCUT2D eigenvalue weighted by Crippen LogP contribution is -2.06. The molecule has 0 aliphatic carbocycles. The Labute approximate surface area is 148 Å². The summed E-state index contributed by atoms with van der Waals surface area (Å²) < 4.78 is 26.9. The van der Waals surface area contributed by atoms with Gasteiger partial charge in [0.1, 0.15) is 0 Å². The third kappa shape index (κ3) is 9.43. The monoisotopic (exact) mass is 354 g/mol. The molecule has 0 bridgehead atoms. The molecule has 1 aromatic rings. The minimum atomic E-state index is -3.33. The quantitative estimate of drug-likeness (QED) is 0.367. The molecule has 0 N–H and O–H groups in total. The van der Waals surface area contributed by atoms with Gasteiger partial charge in [0.2, 0.25) is 0 Å². The van der Waals surface area contributed by atoms with Gasteiger partial charge in [-0.3, -0.25) is 4.18 Å². The number of unbranched alkanes of at least 4 members (excludes halogenated alkanes) is 4. The highest BCUT2D eigenvalue weighted by Gasteiger charge is 2.06. The fourth-order valence-corrected chi connectivity index (χ4v) is 3.35. The van der Waals surface area contributed by atoms with E-state index < -0.39 is 10.1 Å². The minimum absolute atomic E-state index is 0.269. The summed E-state index contributed by atoms with van der Waals surface area (Å²) >= 11 is 0. The average Bonchev–Trinajstić information content (AvgIpc) is 2.52. The van der Waals surface area contributed by atoms with Crippen molar-refractivity contribution in [3.8, 4) is 0 Å². The Morgan fingerprint density at radius 1 is 0.833 bits per heavy atom. The van der Waals surface area contributed by atoms with Gasteiger partial charge in [-0.2, -0.15) is 8.42 Å². The highest BCUT2D eigenvalue weighted by atomic mass is 32.2. The molecule has 0 heterocycles. The van der Waals surface area contributed by atoms with Crippen LogP contribution in [0.5, 0.6) is 0 Å². The van der Waals surface area contributed by atoms with Gasteiger partial charge < -0.3 is 0 Å². The summed E-state index contributed by atoms with van der Waals surface area (Å²) in [5.41, 5.74) is 4.23. The van der Waals surface area contributed by atoms with E-state index in [4.69, 9.17) is 4.18 Å². The molecule has 0 unspecified atom stereocenters. The van der Waals surface area contributed by atoms with E-state index in [-0.39, 0.29) is 6.61 Å². The second-order valence-electron chi connectivity index (χ2n) is 6.65. The first-order valence-electron chi connectivity index (χ1n) is 9.41. The van der Waals surface area contributed by atoms with Gasteiger partial charge in [-0.25, -0.2) is 0 Å². The highest BCUT2D eigenvalue weighted by Crippen LogP contribution is 2.19.